The van der Waals surface area contributed by atoms with Crippen molar-refractivity contribution in [2.45, 2.75) is 73.6 Å². The first-order chi connectivity index (χ1) is 17.0. The zero-order valence-electron chi connectivity index (χ0n) is 23.0. The zero-order valence-corrected chi connectivity index (χ0v) is 23.8. The van der Waals surface area contributed by atoms with Gasteiger partial charge in [0.25, 0.3) is 0 Å². The monoisotopic (exact) mass is 508 g/mol. The molecule has 4 rings (SSSR count). The Kier molecular flexibility index (Phi) is 7.60. The molecule has 194 valence electrons. The molecule has 3 aromatic rings. The van der Waals surface area contributed by atoms with E-state index in [0.29, 0.717) is 12.5 Å². The van der Waals surface area contributed by atoms with Crippen molar-refractivity contribution in [3.05, 3.63) is 40.0 Å². The van der Waals surface area contributed by atoms with Gasteiger partial charge < -0.3 is 15.0 Å². The SMILES string of the molecule is CCOc1cc(C(C)C)c(C)cc1Nc1ncnc2sc3c(c12)CCC(C(=O)N(C)CC(C)(C)C)C3. The van der Waals surface area contributed by atoms with Gasteiger partial charge in [0.1, 0.15) is 22.7 Å². The van der Waals surface area contributed by atoms with Gasteiger partial charge in [0.05, 0.1) is 17.7 Å². The number of fused-ring (bicyclic) bond motifs is 3. The fraction of sp³-hybridized carbons (Fsp3) is 0.552. The van der Waals surface area contributed by atoms with E-state index in [4.69, 9.17) is 4.74 Å². The molecular weight excluding hydrogens is 468 g/mol. The predicted octanol–water partition coefficient (Wildman–Crippen LogP) is 6.87. The molecule has 7 heteroatoms. The second-order valence-electron chi connectivity index (χ2n) is 11.5. The van der Waals surface area contributed by atoms with E-state index in [9.17, 15) is 4.79 Å². The average molecular weight is 509 g/mol. The molecule has 0 saturated carbocycles. The highest BCUT2D eigenvalue weighted by Crippen LogP contribution is 2.42. The number of ether oxygens (including phenoxy) is 1. The Bertz CT molecular complexity index is 1260. The minimum Gasteiger partial charge on any atom is -0.492 e. The Labute approximate surface area is 219 Å². The van der Waals surface area contributed by atoms with Crippen LogP contribution in [0.15, 0.2) is 18.5 Å². The Morgan fingerprint density at radius 3 is 2.69 bits per heavy atom. The van der Waals surface area contributed by atoms with Gasteiger partial charge in [-0.15, -0.1) is 11.3 Å². The van der Waals surface area contributed by atoms with E-state index < -0.39 is 0 Å². The van der Waals surface area contributed by atoms with E-state index in [-0.39, 0.29) is 17.2 Å². The Morgan fingerprint density at radius 2 is 2.03 bits per heavy atom. The van der Waals surface area contributed by atoms with Crippen LogP contribution in [0, 0.1) is 18.3 Å². The number of aryl methyl sites for hydroxylation is 2. The lowest BCUT2D eigenvalue weighted by molar-refractivity contribution is -0.135. The van der Waals surface area contributed by atoms with Crippen molar-refractivity contribution in [2.24, 2.45) is 11.3 Å². The molecule has 0 radical (unpaired) electrons. The van der Waals surface area contributed by atoms with Crippen LogP contribution in [0.3, 0.4) is 0 Å². The lowest BCUT2D eigenvalue weighted by Gasteiger charge is -2.31. The van der Waals surface area contributed by atoms with Crippen LogP contribution in [0.5, 0.6) is 5.75 Å². The molecule has 2 heterocycles. The van der Waals surface area contributed by atoms with Crippen LogP contribution in [-0.2, 0) is 17.6 Å². The summed E-state index contributed by atoms with van der Waals surface area (Å²) in [6.07, 6.45) is 4.12. The van der Waals surface area contributed by atoms with Crippen LogP contribution < -0.4 is 10.1 Å². The molecule has 1 aliphatic rings. The molecule has 1 amide bonds. The lowest BCUT2D eigenvalue weighted by atomic mass is 9.86. The molecule has 0 bridgehead atoms. The maximum atomic E-state index is 13.2. The maximum Gasteiger partial charge on any atom is 0.225 e. The van der Waals surface area contributed by atoms with E-state index in [1.54, 1.807) is 17.7 Å². The van der Waals surface area contributed by atoms with Gasteiger partial charge in [-0.2, -0.15) is 0 Å². The van der Waals surface area contributed by atoms with Crippen molar-refractivity contribution in [3.63, 3.8) is 0 Å². The van der Waals surface area contributed by atoms with Crippen LogP contribution in [0.1, 0.15) is 75.4 Å². The summed E-state index contributed by atoms with van der Waals surface area (Å²) in [5.41, 5.74) is 4.82. The van der Waals surface area contributed by atoms with Gasteiger partial charge in [0.2, 0.25) is 5.91 Å². The first-order valence-corrected chi connectivity index (χ1v) is 13.8. The molecule has 1 unspecified atom stereocenters. The fourth-order valence-electron chi connectivity index (χ4n) is 5.34. The Hall–Kier alpha value is -2.67. The van der Waals surface area contributed by atoms with E-state index in [0.717, 1.165) is 53.3 Å². The van der Waals surface area contributed by atoms with Crippen molar-refractivity contribution < 1.29 is 9.53 Å². The number of amides is 1. The molecule has 36 heavy (non-hydrogen) atoms. The molecule has 0 saturated heterocycles. The van der Waals surface area contributed by atoms with Gasteiger partial charge in [-0.3, -0.25) is 4.79 Å². The summed E-state index contributed by atoms with van der Waals surface area (Å²) >= 11 is 1.70. The highest BCUT2D eigenvalue weighted by molar-refractivity contribution is 7.19. The Balaban J connectivity index is 1.65. The molecule has 0 aliphatic heterocycles. The van der Waals surface area contributed by atoms with Crippen LogP contribution in [0.25, 0.3) is 10.2 Å². The number of hydrogen-bond acceptors (Lipinski definition) is 6. The molecule has 1 N–H and O–H groups in total. The summed E-state index contributed by atoms with van der Waals surface area (Å²) in [7, 11) is 1.93. The molecule has 1 aliphatic carbocycles. The predicted molar refractivity (Wildman–Crippen MR) is 150 cm³/mol. The summed E-state index contributed by atoms with van der Waals surface area (Å²) in [5, 5.41) is 4.66. The summed E-state index contributed by atoms with van der Waals surface area (Å²) < 4.78 is 6.01. The number of benzene rings is 1. The molecule has 6 nitrogen and oxygen atoms in total. The number of nitrogens with one attached hydrogen (secondary N) is 1. The number of rotatable bonds is 7. The Morgan fingerprint density at radius 1 is 1.28 bits per heavy atom. The summed E-state index contributed by atoms with van der Waals surface area (Å²) in [5.74, 6) is 2.35. The smallest absolute Gasteiger partial charge is 0.225 e. The van der Waals surface area contributed by atoms with Crippen molar-refractivity contribution in [3.8, 4) is 5.75 Å². The zero-order chi connectivity index (χ0) is 26.2. The second-order valence-corrected chi connectivity index (χ2v) is 12.6. The van der Waals surface area contributed by atoms with Gasteiger partial charge in [-0.25, -0.2) is 9.97 Å². The highest BCUT2D eigenvalue weighted by Gasteiger charge is 2.31. The van der Waals surface area contributed by atoms with Crippen molar-refractivity contribution in [1.29, 1.82) is 0 Å². The van der Waals surface area contributed by atoms with Gasteiger partial charge >= 0.3 is 0 Å². The third-order valence-electron chi connectivity index (χ3n) is 6.83. The van der Waals surface area contributed by atoms with Gasteiger partial charge in [0.15, 0.2) is 0 Å². The third-order valence-corrected chi connectivity index (χ3v) is 7.99. The maximum absolute atomic E-state index is 13.2. The van der Waals surface area contributed by atoms with E-state index in [1.165, 1.54) is 21.6 Å². The topological polar surface area (TPSA) is 67.3 Å². The number of carbonyl (C=O) groups is 1. The van der Waals surface area contributed by atoms with Crippen molar-refractivity contribution >= 4 is 39.0 Å². The number of aromatic nitrogens is 2. The van der Waals surface area contributed by atoms with Crippen LogP contribution in [0.4, 0.5) is 11.5 Å². The number of thiophene rings is 1. The quantitative estimate of drug-likeness (QED) is 0.377. The number of hydrogen-bond donors (Lipinski definition) is 1. The van der Waals surface area contributed by atoms with E-state index in [1.807, 2.05) is 18.9 Å². The van der Waals surface area contributed by atoms with Crippen molar-refractivity contribution in [2.75, 3.05) is 25.5 Å². The number of nitrogens with zero attached hydrogens (tertiary/aromatic N) is 3. The minimum absolute atomic E-state index is 0.0260. The summed E-state index contributed by atoms with van der Waals surface area (Å²) in [6, 6.07) is 4.31. The largest absolute Gasteiger partial charge is 0.492 e. The summed E-state index contributed by atoms with van der Waals surface area (Å²) in [6.45, 7) is 16.4. The summed E-state index contributed by atoms with van der Waals surface area (Å²) in [4.78, 5) is 26.6. The lowest BCUT2D eigenvalue weighted by Crippen LogP contribution is -2.39. The van der Waals surface area contributed by atoms with Gasteiger partial charge in [-0.05, 0) is 73.3 Å². The standard InChI is InChI=1S/C29H40N4O2S/c1-9-35-23-14-21(17(2)3)18(4)12-22(23)32-26-25-20-11-10-19(28(34)33(8)15-29(5,6)7)13-24(20)36-27(25)31-16-30-26/h12,14,16-17,19H,9-11,13,15H2,1-8H3,(H,30,31,32). The first kappa shape index (κ1) is 26.4. The highest BCUT2D eigenvalue weighted by atomic mass is 32.1. The van der Waals surface area contributed by atoms with Crippen LogP contribution in [0.2, 0.25) is 0 Å². The number of carbonyl (C=O) groups excluding carboxylic acids is 1. The normalized spacial score (nSPS) is 15.8. The third kappa shape index (κ3) is 5.51. The van der Waals surface area contributed by atoms with Gasteiger partial charge in [-0.1, -0.05) is 34.6 Å². The molecular formula is C29H40N4O2S. The van der Waals surface area contributed by atoms with E-state index >= 15 is 0 Å². The van der Waals surface area contributed by atoms with Crippen LogP contribution >= 0.6 is 11.3 Å². The van der Waals surface area contributed by atoms with Crippen LogP contribution in [-0.4, -0.2) is 41.0 Å². The molecule has 1 atom stereocenters. The minimum atomic E-state index is 0.0260. The number of anilines is 2. The second kappa shape index (κ2) is 10.4. The van der Waals surface area contributed by atoms with E-state index in [2.05, 4.69) is 69.0 Å². The van der Waals surface area contributed by atoms with Crippen molar-refractivity contribution in [1.82, 2.24) is 14.9 Å². The molecule has 1 aromatic carbocycles. The first-order valence-electron chi connectivity index (χ1n) is 13.0. The van der Waals surface area contributed by atoms with Gasteiger partial charge in [0, 0.05) is 24.4 Å². The fourth-order valence-corrected chi connectivity index (χ4v) is 6.61. The molecule has 0 spiro atoms. The average Bonchev–Trinajstić information content (AvgIpc) is 3.17. The molecule has 2 aromatic heterocycles. The molecule has 0 fully saturated rings.